The summed E-state index contributed by atoms with van der Waals surface area (Å²) in [6.07, 6.45) is 7.92. The van der Waals surface area contributed by atoms with E-state index >= 15 is 0 Å². The maximum Gasteiger partial charge on any atom is 0.321 e. The van der Waals surface area contributed by atoms with E-state index in [0.29, 0.717) is 6.54 Å². The second kappa shape index (κ2) is 9.99. The van der Waals surface area contributed by atoms with E-state index in [4.69, 9.17) is 0 Å². The number of benzene rings is 1. The van der Waals surface area contributed by atoms with E-state index in [9.17, 15) is 9.59 Å². The maximum atomic E-state index is 12.0. The van der Waals surface area contributed by atoms with Crippen molar-refractivity contribution in [3.8, 4) is 0 Å². The maximum absolute atomic E-state index is 12.0. The number of hydrogen-bond acceptors (Lipinski definition) is 3. The van der Waals surface area contributed by atoms with Gasteiger partial charge >= 0.3 is 6.03 Å². The van der Waals surface area contributed by atoms with Crippen LogP contribution in [-0.2, 0) is 4.79 Å². The lowest BCUT2D eigenvalue weighted by atomic mass is 9.97. The number of amides is 3. The highest BCUT2D eigenvalue weighted by Crippen LogP contribution is 2.19. The molecule has 0 unspecified atom stereocenters. The minimum Gasteiger partial charge on any atom is -0.337 e. The number of nitrogens with zero attached hydrogens (tertiary/aromatic N) is 1. The average molecular weight is 343 g/mol. The van der Waals surface area contributed by atoms with Gasteiger partial charge in [-0.25, -0.2) is 4.79 Å². The van der Waals surface area contributed by atoms with E-state index in [1.54, 1.807) is 0 Å². The number of likely N-dealkylation sites (N-methyl/N-ethyl adjacent to an activating group) is 1. The first-order valence-corrected chi connectivity index (χ1v) is 9.07. The second-order valence-corrected chi connectivity index (χ2v) is 6.66. The summed E-state index contributed by atoms with van der Waals surface area (Å²) in [5, 5.41) is 5.17. The fraction of sp³-hybridized carbons (Fsp3) is 0.500. The predicted octanol–water partition coefficient (Wildman–Crippen LogP) is 3.40. The van der Waals surface area contributed by atoms with Crippen LogP contribution in [0, 0.1) is 0 Å². The van der Waals surface area contributed by atoms with Crippen molar-refractivity contribution >= 4 is 11.9 Å². The Morgan fingerprint density at radius 1 is 1.20 bits per heavy atom. The quantitative estimate of drug-likeness (QED) is 0.746. The van der Waals surface area contributed by atoms with Crippen molar-refractivity contribution in [1.82, 2.24) is 15.5 Å². The molecule has 0 spiro atoms. The summed E-state index contributed by atoms with van der Waals surface area (Å²) in [5.74, 6) is -0.292. The predicted molar refractivity (Wildman–Crippen MR) is 100 cm³/mol. The lowest BCUT2D eigenvalue weighted by Crippen LogP contribution is -2.44. The minimum absolute atomic E-state index is 0.105. The van der Waals surface area contributed by atoms with Gasteiger partial charge in [-0.3, -0.25) is 15.0 Å². The molecular weight excluding hydrogens is 314 g/mol. The van der Waals surface area contributed by atoms with Gasteiger partial charge in [0.05, 0.1) is 6.54 Å². The van der Waals surface area contributed by atoms with Crippen molar-refractivity contribution in [1.29, 1.82) is 0 Å². The highest BCUT2D eigenvalue weighted by molar-refractivity contribution is 5.95. The molecule has 0 saturated heterocycles. The third-order valence-electron chi connectivity index (χ3n) is 4.71. The number of allylic oxidation sites excluding steroid dienone is 1. The third-order valence-corrected chi connectivity index (χ3v) is 4.71. The van der Waals surface area contributed by atoms with Gasteiger partial charge in [0.15, 0.2) is 0 Å². The van der Waals surface area contributed by atoms with Gasteiger partial charge < -0.3 is 5.32 Å². The molecule has 5 heteroatoms. The molecule has 25 heavy (non-hydrogen) atoms. The van der Waals surface area contributed by atoms with Crippen molar-refractivity contribution in [2.75, 3.05) is 20.1 Å². The van der Waals surface area contributed by atoms with Crippen molar-refractivity contribution in [3.05, 3.63) is 47.5 Å². The molecule has 0 aromatic heterocycles. The summed E-state index contributed by atoms with van der Waals surface area (Å²) in [4.78, 5) is 25.8. The molecule has 3 amide bonds. The van der Waals surface area contributed by atoms with Crippen LogP contribution in [0.3, 0.4) is 0 Å². The molecule has 0 bridgehead atoms. The van der Waals surface area contributed by atoms with Crippen LogP contribution in [0.25, 0.3) is 0 Å². The van der Waals surface area contributed by atoms with Gasteiger partial charge in [-0.2, -0.15) is 0 Å². The van der Waals surface area contributed by atoms with Crippen LogP contribution in [0.1, 0.15) is 50.6 Å². The van der Waals surface area contributed by atoms with E-state index in [1.807, 2.05) is 49.2 Å². The Labute approximate surface area is 150 Å². The van der Waals surface area contributed by atoms with Gasteiger partial charge in [-0.1, -0.05) is 42.0 Å². The first-order valence-electron chi connectivity index (χ1n) is 9.07. The van der Waals surface area contributed by atoms with Crippen molar-refractivity contribution in [3.63, 3.8) is 0 Å². The molecular formula is C20H29N3O2. The normalized spacial score (nSPS) is 15.4. The fourth-order valence-electron chi connectivity index (χ4n) is 3.03. The Bertz CT molecular complexity index is 598. The third kappa shape index (κ3) is 6.70. The SMILES string of the molecule is C[C@@H](c1ccccc1)N(C)CC(=O)NC(=O)NCCC1=CCCCC1. The van der Waals surface area contributed by atoms with E-state index in [1.165, 1.54) is 18.4 Å². The molecule has 2 rings (SSSR count). The molecule has 136 valence electrons. The number of urea groups is 1. The van der Waals surface area contributed by atoms with E-state index < -0.39 is 6.03 Å². The lowest BCUT2D eigenvalue weighted by Gasteiger charge is -2.24. The molecule has 5 nitrogen and oxygen atoms in total. The van der Waals surface area contributed by atoms with Crippen LogP contribution in [0.4, 0.5) is 4.79 Å². The highest BCUT2D eigenvalue weighted by atomic mass is 16.2. The summed E-state index contributed by atoms with van der Waals surface area (Å²) in [6, 6.07) is 9.69. The fourth-order valence-corrected chi connectivity index (χ4v) is 3.03. The van der Waals surface area contributed by atoms with Gasteiger partial charge in [-0.05, 0) is 51.6 Å². The molecule has 2 N–H and O–H groups in total. The van der Waals surface area contributed by atoms with E-state index in [-0.39, 0.29) is 18.5 Å². The zero-order valence-electron chi connectivity index (χ0n) is 15.3. The Morgan fingerprint density at radius 3 is 2.64 bits per heavy atom. The van der Waals surface area contributed by atoms with Crippen LogP contribution in [-0.4, -0.2) is 37.0 Å². The molecule has 0 heterocycles. The van der Waals surface area contributed by atoms with E-state index in [2.05, 4.69) is 16.7 Å². The largest absolute Gasteiger partial charge is 0.337 e. The summed E-state index contributed by atoms with van der Waals surface area (Å²) in [7, 11) is 1.88. The molecule has 1 aliphatic carbocycles. The molecule has 1 aliphatic rings. The zero-order valence-corrected chi connectivity index (χ0v) is 15.3. The first-order chi connectivity index (χ1) is 12.1. The molecule has 1 aromatic rings. The molecule has 0 radical (unpaired) electrons. The van der Waals surface area contributed by atoms with Crippen LogP contribution in [0.2, 0.25) is 0 Å². The molecule has 0 saturated carbocycles. The number of imide groups is 1. The Hall–Kier alpha value is -2.14. The second-order valence-electron chi connectivity index (χ2n) is 6.66. The number of nitrogens with one attached hydrogen (secondary N) is 2. The average Bonchev–Trinajstić information content (AvgIpc) is 2.62. The van der Waals surface area contributed by atoms with Gasteiger partial charge in [0, 0.05) is 12.6 Å². The van der Waals surface area contributed by atoms with E-state index in [0.717, 1.165) is 24.8 Å². The summed E-state index contributed by atoms with van der Waals surface area (Å²) in [6.45, 7) is 2.79. The Balaban J connectivity index is 1.68. The van der Waals surface area contributed by atoms with Crippen LogP contribution < -0.4 is 10.6 Å². The molecule has 0 fully saturated rings. The van der Waals surface area contributed by atoms with Crippen molar-refractivity contribution in [2.24, 2.45) is 0 Å². The summed E-state index contributed by atoms with van der Waals surface area (Å²) in [5.41, 5.74) is 2.55. The number of hydrogen-bond donors (Lipinski definition) is 2. The van der Waals surface area contributed by atoms with Gasteiger partial charge in [0.25, 0.3) is 0 Å². The Kier molecular flexibility index (Phi) is 7.67. The van der Waals surface area contributed by atoms with Crippen LogP contribution in [0.15, 0.2) is 42.0 Å². The summed E-state index contributed by atoms with van der Waals surface area (Å²) >= 11 is 0. The minimum atomic E-state index is -0.415. The van der Waals surface area contributed by atoms with Gasteiger partial charge in [0.1, 0.15) is 0 Å². The van der Waals surface area contributed by atoms with Crippen LogP contribution in [0.5, 0.6) is 0 Å². The molecule has 0 aliphatic heterocycles. The van der Waals surface area contributed by atoms with Gasteiger partial charge in [0.2, 0.25) is 5.91 Å². The number of rotatable bonds is 7. The smallest absolute Gasteiger partial charge is 0.321 e. The number of carbonyl (C=O) groups is 2. The highest BCUT2D eigenvalue weighted by Gasteiger charge is 2.16. The standard InChI is InChI=1S/C20H29N3O2/c1-16(18-11-7-4-8-12-18)23(2)15-19(24)22-20(25)21-14-13-17-9-5-3-6-10-17/h4,7-9,11-12,16H,3,5-6,10,13-15H2,1-2H3,(H2,21,22,24,25)/t16-/m0/s1. The monoisotopic (exact) mass is 343 g/mol. The lowest BCUT2D eigenvalue weighted by molar-refractivity contribution is -0.121. The summed E-state index contributed by atoms with van der Waals surface area (Å²) < 4.78 is 0. The molecule has 1 aromatic carbocycles. The first kappa shape index (κ1) is 19.2. The number of carbonyl (C=O) groups excluding carboxylic acids is 2. The van der Waals surface area contributed by atoms with Crippen molar-refractivity contribution in [2.45, 2.75) is 45.1 Å². The van der Waals surface area contributed by atoms with Gasteiger partial charge in [-0.15, -0.1) is 0 Å². The van der Waals surface area contributed by atoms with Crippen molar-refractivity contribution < 1.29 is 9.59 Å². The molecule has 1 atom stereocenters. The topological polar surface area (TPSA) is 61.4 Å². The van der Waals surface area contributed by atoms with Crippen LogP contribution >= 0.6 is 0 Å². The zero-order chi connectivity index (χ0) is 18.1. The Morgan fingerprint density at radius 2 is 1.96 bits per heavy atom.